The lowest BCUT2D eigenvalue weighted by molar-refractivity contribution is -0.388. The SMILES string of the molecule is O=C(CSc1ccc(C(F)(F)F)cc1[N+](=O)[O-])NNC(=S)Nc1ccccc1F. The number of hydrazine groups is 1. The monoisotopic (exact) mass is 448 g/mol. The molecule has 0 heterocycles. The minimum absolute atomic E-state index is 0.0778. The maximum absolute atomic E-state index is 13.5. The topological polar surface area (TPSA) is 96.3 Å². The number of nitrogens with one attached hydrogen (secondary N) is 3. The summed E-state index contributed by atoms with van der Waals surface area (Å²) in [6, 6.07) is 7.71. The number of benzene rings is 2. The Hall–Kier alpha value is -2.93. The van der Waals surface area contributed by atoms with Crippen molar-refractivity contribution in [2.45, 2.75) is 11.1 Å². The molecule has 2 rings (SSSR count). The smallest absolute Gasteiger partial charge is 0.329 e. The first-order chi connectivity index (χ1) is 13.6. The van der Waals surface area contributed by atoms with Gasteiger partial charge in [0, 0.05) is 6.07 Å². The third-order valence-corrected chi connectivity index (χ3v) is 4.55. The van der Waals surface area contributed by atoms with Gasteiger partial charge in [0.1, 0.15) is 5.82 Å². The van der Waals surface area contributed by atoms with Gasteiger partial charge in [0.2, 0.25) is 5.91 Å². The molecule has 0 saturated heterocycles. The molecule has 0 radical (unpaired) electrons. The van der Waals surface area contributed by atoms with E-state index in [-0.39, 0.29) is 21.4 Å². The summed E-state index contributed by atoms with van der Waals surface area (Å²) in [5.41, 5.74) is 2.66. The van der Waals surface area contributed by atoms with Crippen molar-refractivity contribution >= 4 is 46.4 Å². The molecule has 0 aromatic heterocycles. The lowest BCUT2D eigenvalue weighted by Crippen LogP contribution is -2.44. The molecule has 0 aliphatic heterocycles. The molecule has 13 heteroatoms. The number of hydrogen-bond donors (Lipinski definition) is 3. The van der Waals surface area contributed by atoms with Crippen molar-refractivity contribution in [1.82, 2.24) is 10.9 Å². The molecule has 0 saturated carbocycles. The number of carbonyl (C=O) groups excluding carboxylic acids is 1. The molecule has 7 nitrogen and oxygen atoms in total. The number of thioether (sulfide) groups is 1. The molecular weight excluding hydrogens is 436 g/mol. The van der Waals surface area contributed by atoms with Crippen LogP contribution in [0.3, 0.4) is 0 Å². The third kappa shape index (κ3) is 6.57. The molecule has 3 N–H and O–H groups in total. The van der Waals surface area contributed by atoms with Crippen LogP contribution in [0.25, 0.3) is 0 Å². The predicted octanol–water partition coefficient (Wildman–Crippen LogP) is 3.86. The number of nitro benzene ring substituents is 1. The Labute approximate surface area is 171 Å². The molecule has 0 aliphatic carbocycles. The summed E-state index contributed by atoms with van der Waals surface area (Å²) in [5.74, 6) is -1.57. The van der Waals surface area contributed by atoms with E-state index >= 15 is 0 Å². The minimum atomic E-state index is -4.73. The van der Waals surface area contributed by atoms with Gasteiger partial charge in [-0.2, -0.15) is 13.2 Å². The second kappa shape index (κ2) is 9.52. The van der Waals surface area contributed by atoms with Crippen molar-refractivity contribution in [2.24, 2.45) is 0 Å². The van der Waals surface area contributed by atoms with Crippen LogP contribution in [0.2, 0.25) is 0 Å². The van der Waals surface area contributed by atoms with Gasteiger partial charge in [-0.05, 0) is 36.5 Å². The van der Waals surface area contributed by atoms with E-state index in [1.165, 1.54) is 18.2 Å². The van der Waals surface area contributed by atoms with Crippen LogP contribution in [0, 0.1) is 15.9 Å². The Bertz CT molecular complexity index is 941. The molecule has 0 atom stereocenters. The number of thiocarbonyl (C=S) groups is 1. The van der Waals surface area contributed by atoms with E-state index in [0.717, 1.165) is 6.07 Å². The molecule has 0 bridgehead atoms. The number of nitrogens with zero attached hydrogens (tertiary/aromatic N) is 1. The number of alkyl halides is 3. The number of para-hydroxylation sites is 1. The largest absolute Gasteiger partial charge is 0.416 e. The van der Waals surface area contributed by atoms with Crippen LogP contribution in [0.1, 0.15) is 5.56 Å². The molecule has 1 amide bonds. The first-order valence-corrected chi connectivity index (χ1v) is 9.06. The Morgan fingerprint density at radius 2 is 1.86 bits per heavy atom. The fourth-order valence-electron chi connectivity index (χ4n) is 1.98. The standard InChI is InChI=1S/C16H12F4N4O3S2/c17-10-3-1-2-4-11(10)21-15(28)23-22-14(25)8-29-13-6-5-9(16(18,19)20)7-12(13)24(26)27/h1-7H,8H2,(H,22,25)(H2,21,23,28). The number of anilines is 1. The lowest BCUT2D eigenvalue weighted by Gasteiger charge is -2.12. The summed E-state index contributed by atoms with van der Waals surface area (Å²) in [5, 5.41) is 13.4. The van der Waals surface area contributed by atoms with E-state index in [0.29, 0.717) is 23.9 Å². The first kappa shape index (κ1) is 22.4. The van der Waals surface area contributed by atoms with E-state index in [2.05, 4.69) is 16.2 Å². The summed E-state index contributed by atoms with van der Waals surface area (Å²) < 4.78 is 51.6. The van der Waals surface area contributed by atoms with Gasteiger partial charge in [-0.25, -0.2) is 4.39 Å². The van der Waals surface area contributed by atoms with E-state index in [4.69, 9.17) is 12.2 Å². The van der Waals surface area contributed by atoms with Crippen LogP contribution < -0.4 is 16.2 Å². The van der Waals surface area contributed by atoms with Crippen molar-refractivity contribution in [1.29, 1.82) is 0 Å². The average molecular weight is 448 g/mol. The summed E-state index contributed by atoms with van der Waals surface area (Å²) in [7, 11) is 0. The highest BCUT2D eigenvalue weighted by Crippen LogP contribution is 2.36. The number of amides is 1. The molecule has 2 aromatic carbocycles. The van der Waals surface area contributed by atoms with Crippen molar-refractivity contribution in [3.05, 3.63) is 64.0 Å². The molecule has 0 aliphatic rings. The maximum atomic E-state index is 13.5. The van der Waals surface area contributed by atoms with Gasteiger partial charge in [0.15, 0.2) is 5.11 Å². The van der Waals surface area contributed by atoms with Gasteiger partial charge in [-0.15, -0.1) is 11.8 Å². The molecule has 2 aromatic rings. The van der Waals surface area contributed by atoms with Crippen molar-refractivity contribution in [3.8, 4) is 0 Å². The van der Waals surface area contributed by atoms with Gasteiger partial charge >= 0.3 is 6.18 Å². The van der Waals surface area contributed by atoms with E-state index in [1.54, 1.807) is 6.07 Å². The Morgan fingerprint density at radius 3 is 2.48 bits per heavy atom. The molecular formula is C16H12F4N4O3S2. The average Bonchev–Trinajstić information content (AvgIpc) is 2.65. The molecule has 0 spiro atoms. The van der Waals surface area contributed by atoms with Crippen LogP contribution in [0.4, 0.5) is 28.9 Å². The van der Waals surface area contributed by atoms with Crippen LogP contribution in [0.15, 0.2) is 47.4 Å². The van der Waals surface area contributed by atoms with Crippen LogP contribution in [-0.2, 0) is 11.0 Å². The van der Waals surface area contributed by atoms with Gasteiger partial charge in [0.25, 0.3) is 5.69 Å². The summed E-state index contributed by atoms with van der Waals surface area (Å²) >= 11 is 5.57. The summed E-state index contributed by atoms with van der Waals surface area (Å²) in [6.07, 6.45) is -4.73. The minimum Gasteiger partial charge on any atom is -0.329 e. The van der Waals surface area contributed by atoms with Crippen molar-refractivity contribution in [2.75, 3.05) is 11.1 Å². The van der Waals surface area contributed by atoms with Gasteiger partial charge < -0.3 is 5.32 Å². The van der Waals surface area contributed by atoms with Crippen LogP contribution in [0.5, 0.6) is 0 Å². The Balaban J connectivity index is 1.91. The predicted molar refractivity (Wildman–Crippen MR) is 103 cm³/mol. The van der Waals surface area contributed by atoms with Crippen LogP contribution in [-0.4, -0.2) is 21.7 Å². The number of halogens is 4. The van der Waals surface area contributed by atoms with Crippen molar-refractivity contribution < 1.29 is 27.3 Å². The number of rotatable bonds is 5. The van der Waals surface area contributed by atoms with E-state index < -0.39 is 34.1 Å². The Morgan fingerprint density at radius 1 is 1.17 bits per heavy atom. The highest BCUT2D eigenvalue weighted by Gasteiger charge is 2.33. The highest BCUT2D eigenvalue weighted by atomic mass is 32.2. The van der Waals surface area contributed by atoms with Gasteiger partial charge in [-0.1, -0.05) is 12.1 Å². The highest BCUT2D eigenvalue weighted by molar-refractivity contribution is 8.00. The zero-order chi connectivity index (χ0) is 21.6. The molecule has 29 heavy (non-hydrogen) atoms. The second-order valence-electron chi connectivity index (χ2n) is 5.33. The van der Waals surface area contributed by atoms with Crippen molar-refractivity contribution in [3.63, 3.8) is 0 Å². The summed E-state index contributed by atoms with van der Waals surface area (Å²) in [6.45, 7) is 0. The molecule has 0 fully saturated rings. The van der Waals surface area contributed by atoms with E-state index in [1.807, 2.05) is 0 Å². The maximum Gasteiger partial charge on any atom is 0.416 e. The third-order valence-electron chi connectivity index (χ3n) is 3.28. The fourth-order valence-corrected chi connectivity index (χ4v) is 2.95. The normalized spacial score (nSPS) is 10.9. The van der Waals surface area contributed by atoms with Crippen LogP contribution >= 0.6 is 24.0 Å². The molecule has 0 unspecified atom stereocenters. The number of nitro groups is 1. The number of carbonyl (C=O) groups is 1. The number of hydrogen-bond acceptors (Lipinski definition) is 5. The first-order valence-electron chi connectivity index (χ1n) is 7.66. The zero-order valence-electron chi connectivity index (χ0n) is 14.2. The quantitative estimate of drug-likeness (QED) is 0.210. The van der Waals surface area contributed by atoms with E-state index in [9.17, 15) is 32.5 Å². The fraction of sp³-hybridized carbons (Fsp3) is 0.125. The molecule has 154 valence electrons. The lowest BCUT2D eigenvalue weighted by atomic mass is 10.2. The van der Waals surface area contributed by atoms with Gasteiger partial charge in [-0.3, -0.25) is 25.8 Å². The summed E-state index contributed by atoms with van der Waals surface area (Å²) in [4.78, 5) is 21.8. The van der Waals surface area contributed by atoms with Gasteiger partial charge in [0.05, 0.1) is 26.8 Å². The Kier molecular flexibility index (Phi) is 7.34. The second-order valence-corrected chi connectivity index (χ2v) is 6.76. The zero-order valence-corrected chi connectivity index (χ0v) is 15.9.